The van der Waals surface area contributed by atoms with Crippen molar-refractivity contribution in [1.29, 1.82) is 0 Å². The van der Waals surface area contributed by atoms with Crippen LogP contribution in [-0.4, -0.2) is 25.2 Å². The molecule has 1 unspecified atom stereocenters. The second kappa shape index (κ2) is 6.39. The maximum absolute atomic E-state index is 11.6. The van der Waals surface area contributed by atoms with Crippen LogP contribution in [0.25, 0.3) is 0 Å². The summed E-state index contributed by atoms with van der Waals surface area (Å²) >= 11 is 0. The molecule has 0 aliphatic heterocycles. The first-order valence-electron chi connectivity index (χ1n) is 6.55. The third-order valence-electron chi connectivity index (χ3n) is 3.92. The fraction of sp³-hybridized carbons (Fsp3) is 0.929. The average molecular weight is 243 g/mol. The van der Waals surface area contributed by atoms with Crippen molar-refractivity contribution in [2.45, 2.75) is 60.0 Å². The zero-order valence-electron chi connectivity index (χ0n) is 12.5. The molecule has 0 fully saturated rings. The molecule has 0 bridgehead atoms. The van der Waals surface area contributed by atoms with E-state index in [2.05, 4.69) is 33.0 Å². The first-order chi connectivity index (χ1) is 7.69. The van der Waals surface area contributed by atoms with E-state index in [0.717, 1.165) is 12.8 Å². The Kier molecular flexibility index (Phi) is 6.17. The molecule has 0 aromatic carbocycles. The molecular formula is C14H29NO2. The van der Waals surface area contributed by atoms with E-state index in [-0.39, 0.29) is 16.9 Å². The maximum atomic E-state index is 11.6. The van der Waals surface area contributed by atoms with Crippen LogP contribution in [0.15, 0.2) is 0 Å². The highest BCUT2D eigenvalue weighted by molar-refractivity contribution is 5.81. The predicted molar refractivity (Wildman–Crippen MR) is 72.0 cm³/mol. The number of nitrogens with one attached hydrogen (secondary N) is 1. The molecule has 0 aromatic rings. The molecule has 0 aliphatic carbocycles. The molecule has 3 heteroatoms. The Balaban J connectivity index is 4.27. The van der Waals surface area contributed by atoms with Gasteiger partial charge in [-0.1, -0.05) is 34.6 Å². The Labute approximate surface area is 106 Å². The lowest BCUT2D eigenvalue weighted by Crippen LogP contribution is -2.38. The summed E-state index contributed by atoms with van der Waals surface area (Å²) < 4.78 is 5.99. The molecule has 1 N–H and O–H groups in total. The lowest BCUT2D eigenvalue weighted by atomic mass is 9.87. The Morgan fingerprint density at radius 2 is 1.82 bits per heavy atom. The molecule has 0 saturated heterocycles. The van der Waals surface area contributed by atoms with E-state index < -0.39 is 0 Å². The largest absolute Gasteiger partial charge is 0.375 e. The number of rotatable bonds is 7. The van der Waals surface area contributed by atoms with Crippen molar-refractivity contribution in [3.63, 3.8) is 0 Å². The highest BCUT2D eigenvalue weighted by atomic mass is 16.5. The minimum atomic E-state index is -0.361. The van der Waals surface area contributed by atoms with Crippen LogP contribution in [0, 0.1) is 11.3 Å². The fourth-order valence-electron chi connectivity index (χ4n) is 1.67. The van der Waals surface area contributed by atoms with Gasteiger partial charge in [0.2, 0.25) is 5.91 Å². The molecule has 102 valence electrons. The first-order valence-corrected chi connectivity index (χ1v) is 6.55. The van der Waals surface area contributed by atoms with Crippen LogP contribution in [0.5, 0.6) is 0 Å². The number of amides is 1. The Morgan fingerprint density at radius 3 is 2.18 bits per heavy atom. The molecular weight excluding hydrogens is 214 g/mol. The summed E-state index contributed by atoms with van der Waals surface area (Å²) in [6, 6.07) is 0. The van der Waals surface area contributed by atoms with Crippen LogP contribution in [0.3, 0.4) is 0 Å². The van der Waals surface area contributed by atoms with Crippen molar-refractivity contribution in [3.8, 4) is 0 Å². The van der Waals surface area contributed by atoms with Crippen LogP contribution in [0.2, 0.25) is 0 Å². The highest BCUT2D eigenvalue weighted by Crippen LogP contribution is 2.27. The molecule has 0 radical (unpaired) electrons. The number of hydrogen-bond donors (Lipinski definition) is 1. The third-order valence-corrected chi connectivity index (χ3v) is 3.92. The van der Waals surface area contributed by atoms with E-state index in [1.54, 1.807) is 7.05 Å². The second-order valence-corrected chi connectivity index (χ2v) is 5.88. The van der Waals surface area contributed by atoms with E-state index in [1.165, 1.54) is 0 Å². The molecule has 1 atom stereocenters. The molecule has 0 spiro atoms. The molecule has 0 aromatic heterocycles. The van der Waals surface area contributed by atoms with E-state index in [9.17, 15) is 4.79 Å². The van der Waals surface area contributed by atoms with Gasteiger partial charge in [0.05, 0.1) is 5.60 Å². The van der Waals surface area contributed by atoms with Gasteiger partial charge < -0.3 is 10.1 Å². The summed E-state index contributed by atoms with van der Waals surface area (Å²) in [6.07, 6.45) is 1.74. The van der Waals surface area contributed by atoms with Gasteiger partial charge in [-0.05, 0) is 25.7 Å². The van der Waals surface area contributed by atoms with Gasteiger partial charge in [0.1, 0.15) is 0 Å². The fourth-order valence-corrected chi connectivity index (χ4v) is 1.67. The van der Waals surface area contributed by atoms with Crippen molar-refractivity contribution in [2.24, 2.45) is 11.3 Å². The van der Waals surface area contributed by atoms with Crippen molar-refractivity contribution >= 4 is 5.91 Å². The Hall–Kier alpha value is -0.570. The van der Waals surface area contributed by atoms with Gasteiger partial charge in [0.15, 0.2) is 0 Å². The predicted octanol–water partition coefficient (Wildman–Crippen LogP) is 2.99. The van der Waals surface area contributed by atoms with Crippen LogP contribution < -0.4 is 5.32 Å². The molecule has 3 nitrogen and oxygen atoms in total. The quantitative estimate of drug-likeness (QED) is 0.746. The van der Waals surface area contributed by atoms with Gasteiger partial charge >= 0.3 is 0 Å². The SMILES string of the molecule is CCC(C)(OCCC(C)(C)C(=O)NC)C(C)C. The lowest BCUT2D eigenvalue weighted by molar-refractivity contribution is -0.131. The normalized spacial score (nSPS) is 15.8. The number of ether oxygens (including phenoxy) is 1. The maximum Gasteiger partial charge on any atom is 0.225 e. The molecule has 0 heterocycles. The first kappa shape index (κ1) is 16.4. The summed E-state index contributed by atoms with van der Waals surface area (Å²) in [6.45, 7) is 13.2. The van der Waals surface area contributed by atoms with E-state index >= 15 is 0 Å². The Bertz CT molecular complexity index is 249. The van der Waals surface area contributed by atoms with Crippen LogP contribution in [0.1, 0.15) is 54.4 Å². The van der Waals surface area contributed by atoms with Crippen molar-refractivity contribution < 1.29 is 9.53 Å². The zero-order valence-corrected chi connectivity index (χ0v) is 12.5. The standard InChI is InChI=1S/C14H29NO2/c1-8-14(6,11(2)3)17-10-9-13(4,5)12(16)15-7/h11H,8-10H2,1-7H3,(H,15,16). The third kappa shape index (κ3) is 4.66. The topological polar surface area (TPSA) is 38.3 Å². The lowest BCUT2D eigenvalue weighted by Gasteiger charge is -2.34. The smallest absolute Gasteiger partial charge is 0.225 e. The van der Waals surface area contributed by atoms with E-state index in [4.69, 9.17) is 4.74 Å². The molecule has 0 aliphatic rings. The molecule has 17 heavy (non-hydrogen) atoms. The number of hydrogen-bond acceptors (Lipinski definition) is 2. The van der Waals surface area contributed by atoms with Gasteiger partial charge in [0.25, 0.3) is 0 Å². The highest BCUT2D eigenvalue weighted by Gasteiger charge is 2.30. The monoisotopic (exact) mass is 243 g/mol. The number of carbonyl (C=O) groups is 1. The molecule has 1 amide bonds. The summed E-state index contributed by atoms with van der Waals surface area (Å²) in [4.78, 5) is 11.6. The van der Waals surface area contributed by atoms with E-state index in [1.807, 2.05) is 13.8 Å². The number of carbonyl (C=O) groups excluding carboxylic acids is 1. The van der Waals surface area contributed by atoms with Crippen molar-refractivity contribution in [3.05, 3.63) is 0 Å². The van der Waals surface area contributed by atoms with Crippen LogP contribution in [-0.2, 0) is 9.53 Å². The van der Waals surface area contributed by atoms with Crippen molar-refractivity contribution in [1.82, 2.24) is 5.32 Å². The summed E-state index contributed by atoms with van der Waals surface area (Å²) in [5, 5.41) is 2.70. The van der Waals surface area contributed by atoms with Crippen LogP contribution >= 0.6 is 0 Å². The summed E-state index contributed by atoms with van der Waals surface area (Å²) in [7, 11) is 1.68. The summed E-state index contributed by atoms with van der Waals surface area (Å²) in [5.41, 5.74) is -0.445. The Morgan fingerprint density at radius 1 is 1.29 bits per heavy atom. The zero-order chi connectivity index (χ0) is 13.7. The average Bonchev–Trinajstić information content (AvgIpc) is 2.26. The van der Waals surface area contributed by atoms with E-state index in [0.29, 0.717) is 12.5 Å². The summed E-state index contributed by atoms with van der Waals surface area (Å²) in [5.74, 6) is 0.555. The van der Waals surface area contributed by atoms with Gasteiger partial charge in [-0.25, -0.2) is 0 Å². The van der Waals surface area contributed by atoms with Gasteiger partial charge in [-0.3, -0.25) is 4.79 Å². The van der Waals surface area contributed by atoms with Gasteiger partial charge in [-0.15, -0.1) is 0 Å². The minimum Gasteiger partial charge on any atom is -0.375 e. The second-order valence-electron chi connectivity index (χ2n) is 5.88. The molecule has 0 saturated carbocycles. The molecule has 0 rings (SSSR count). The van der Waals surface area contributed by atoms with Gasteiger partial charge in [-0.2, -0.15) is 0 Å². The van der Waals surface area contributed by atoms with Gasteiger partial charge in [0, 0.05) is 19.1 Å². The van der Waals surface area contributed by atoms with Crippen molar-refractivity contribution in [2.75, 3.05) is 13.7 Å². The van der Waals surface area contributed by atoms with Crippen LogP contribution in [0.4, 0.5) is 0 Å². The minimum absolute atomic E-state index is 0.0730.